The molecule has 0 heterocycles. The first-order chi connectivity index (χ1) is 14.2. The van der Waals surface area contributed by atoms with Crippen molar-refractivity contribution >= 4 is 54.2 Å². The molecule has 0 radical (unpaired) electrons. The standard InChI is InChI=1S/C20H21ClF3N5O2.2ClH/c1-19(2,27)9-28-16(30)11-5-10(6-12(7-11)17(31)29-18(25)26)14-8-13(20(22,23)24)3-4-15(14)21;;/h3-8H,9,27H2,1-2H3,(H,28,30)(H4,25,26,29,31);2*1H. The molecular weight excluding hydrogens is 506 g/mol. The first kappa shape index (κ1) is 30.5. The van der Waals surface area contributed by atoms with Gasteiger partial charge in [0.15, 0.2) is 5.96 Å². The fourth-order valence-electron chi connectivity index (χ4n) is 2.55. The van der Waals surface area contributed by atoms with Crippen LogP contribution in [0.5, 0.6) is 0 Å². The normalized spacial score (nSPS) is 11.0. The number of hydrogen-bond donors (Lipinski definition) is 4. The van der Waals surface area contributed by atoms with Gasteiger partial charge in [-0.15, -0.1) is 24.8 Å². The van der Waals surface area contributed by atoms with E-state index in [1.807, 2.05) is 0 Å². The van der Waals surface area contributed by atoms with E-state index in [0.717, 1.165) is 18.2 Å². The van der Waals surface area contributed by atoms with Crippen LogP contribution in [0.15, 0.2) is 41.4 Å². The van der Waals surface area contributed by atoms with E-state index in [9.17, 15) is 22.8 Å². The van der Waals surface area contributed by atoms with Crippen molar-refractivity contribution < 1.29 is 22.8 Å². The van der Waals surface area contributed by atoms with E-state index in [1.54, 1.807) is 13.8 Å². The Morgan fingerprint density at radius 2 is 1.61 bits per heavy atom. The number of carbonyl (C=O) groups excluding carboxylic acids is 2. The number of aliphatic imine (C=N–C) groups is 1. The second-order valence-corrected chi connectivity index (χ2v) is 7.91. The third-order valence-electron chi connectivity index (χ3n) is 3.98. The lowest BCUT2D eigenvalue weighted by Crippen LogP contribution is -2.45. The number of rotatable bonds is 5. The van der Waals surface area contributed by atoms with E-state index in [4.69, 9.17) is 28.8 Å². The molecule has 0 aliphatic carbocycles. The maximum Gasteiger partial charge on any atom is 0.416 e. The number of hydrogen-bond acceptors (Lipinski definition) is 3. The minimum atomic E-state index is -4.61. The van der Waals surface area contributed by atoms with E-state index >= 15 is 0 Å². The number of nitrogens with one attached hydrogen (secondary N) is 1. The summed E-state index contributed by atoms with van der Waals surface area (Å²) in [7, 11) is 0. The molecule has 7 nitrogen and oxygen atoms in total. The molecule has 182 valence electrons. The number of alkyl halides is 3. The number of guanidine groups is 1. The average Bonchev–Trinajstić information content (AvgIpc) is 2.64. The van der Waals surface area contributed by atoms with Gasteiger partial charge in [0.05, 0.1) is 5.56 Å². The Morgan fingerprint density at radius 1 is 1.03 bits per heavy atom. The van der Waals surface area contributed by atoms with Gasteiger partial charge in [-0.3, -0.25) is 9.59 Å². The molecule has 7 N–H and O–H groups in total. The van der Waals surface area contributed by atoms with Gasteiger partial charge in [0, 0.05) is 33.8 Å². The zero-order valence-electron chi connectivity index (χ0n) is 17.5. The number of halogens is 6. The molecule has 0 spiro atoms. The first-order valence-corrected chi connectivity index (χ1v) is 9.28. The van der Waals surface area contributed by atoms with Gasteiger partial charge >= 0.3 is 6.18 Å². The quantitative estimate of drug-likeness (QED) is 0.346. The van der Waals surface area contributed by atoms with Crippen LogP contribution >= 0.6 is 36.4 Å². The number of nitrogens with two attached hydrogens (primary N) is 3. The molecule has 0 saturated heterocycles. The fraction of sp³-hybridized carbons (Fsp3) is 0.250. The summed E-state index contributed by atoms with van der Waals surface area (Å²) in [6, 6.07) is 6.53. The highest BCUT2D eigenvalue weighted by atomic mass is 35.5. The van der Waals surface area contributed by atoms with Gasteiger partial charge in [0.25, 0.3) is 11.8 Å². The molecule has 0 atom stereocenters. The van der Waals surface area contributed by atoms with Crippen molar-refractivity contribution in [2.75, 3.05) is 6.54 Å². The SMILES string of the molecule is CC(C)(N)CNC(=O)c1cc(C(=O)N=C(N)N)cc(-c2cc(C(F)(F)F)ccc2Cl)c1.Cl.Cl. The summed E-state index contributed by atoms with van der Waals surface area (Å²) in [6.07, 6.45) is -4.61. The van der Waals surface area contributed by atoms with E-state index in [2.05, 4.69) is 10.3 Å². The van der Waals surface area contributed by atoms with Crippen LogP contribution in [-0.2, 0) is 6.18 Å². The number of nitrogens with zero attached hydrogens (tertiary/aromatic N) is 1. The van der Waals surface area contributed by atoms with Crippen LogP contribution in [0.2, 0.25) is 5.02 Å². The van der Waals surface area contributed by atoms with Crippen molar-refractivity contribution in [3.05, 3.63) is 58.1 Å². The topological polar surface area (TPSA) is 137 Å². The zero-order chi connectivity index (χ0) is 23.6. The molecule has 2 rings (SSSR count). The third kappa shape index (κ3) is 8.73. The molecule has 2 amide bonds. The van der Waals surface area contributed by atoms with Gasteiger partial charge < -0.3 is 22.5 Å². The monoisotopic (exact) mass is 527 g/mol. The van der Waals surface area contributed by atoms with Gasteiger partial charge in [-0.1, -0.05) is 11.6 Å². The van der Waals surface area contributed by atoms with Crippen molar-refractivity contribution in [2.24, 2.45) is 22.2 Å². The highest BCUT2D eigenvalue weighted by Crippen LogP contribution is 2.36. The van der Waals surface area contributed by atoms with E-state index < -0.39 is 35.1 Å². The lowest BCUT2D eigenvalue weighted by Gasteiger charge is -2.19. The van der Waals surface area contributed by atoms with Crippen molar-refractivity contribution in [1.82, 2.24) is 5.32 Å². The summed E-state index contributed by atoms with van der Waals surface area (Å²) in [5.74, 6) is -1.98. The molecule has 0 aromatic heterocycles. The second-order valence-electron chi connectivity index (χ2n) is 7.50. The van der Waals surface area contributed by atoms with Crippen molar-refractivity contribution in [1.29, 1.82) is 0 Å². The van der Waals surface area contributed by atoms with Gasteiger partial charge in [-0.05, 0) is 55.8 Å². The van der Waals surface area contributed by atoms with Crippen molar-refractivity contribution in [3.63, 3.8) is 0 Å². The Kier molecular flexibility index (Phi) is 10.7. The average molecular weight is 529 g/mol. The van der Waals surface area contributed by atoms with Crippen LogP contribution in [-0.4, -0.2) is 29.9 Å². The minimum Gasteiger partial charge on any atom is -0.370 e. The fourth-order valence-corrected chi connectivity index (χ4v) is 2.78. The number of benzene rings is 2. The zero-order valence-corrected chi connectivity index (χ0v) is 19.9. The minimum absolute atomic E-state index is 0. The summed E-state index contributed by atoms with van der Waals surface area (Å²) in [5, 5.41) is 2.60. The van der Waals surface area contributed by atoms with Crippen LogP contribution in [0.3, 0.4) is 0 Å². The van der Waals surface area contributed by atoms with Gasteiger partial charge in [0.1, 0.15) is 0 Å². The Hall–Kier alpha value is -2.53. The summed E-state index contributed by atoms with van der Waals surface area (Å²) in [5.41, 5.74) is 14.6. The molecule has 0 saturated carbocycles. The van der Waals surface area contributed by atoms with Gasteiger partial charge in [-0.25, -0.2) is 0 Å². The summed E-state index contributed by atoms with van der Waals surface area (Å²) in [6.45, 7) is 3.50. The predicted molar refractivity (Wildman–Crippen MR) is 127 cm³/mol. The number of carbonyl (C=O) groups is 2. The van der Waals surface area contributed by atoms with E-state index in [-0.39, 0.29) is 58.6 Å². The van der Waals surface area contributed by atoms with Crippen LogP contribution in [0.4, 0.5) is 13.2 Å². The van der Waals surface area contributed by atoms with Crippen LogP contribution < -0.4 is 22.5 Å². The summed E-state index contributed by atoms with van der Waals surface area (Å²) < 4.78 is 39.5. The first-order valence-electron chi connectivity index (χ1n) is 8.90. The van der Waals surface area contributed by atoms with Gasteiger partial charge in [-0.2, -0.15) is 18.2 Å². The smallest absolute Gasteiger partial charge is 0.370 e. The lowest BCUT2D eigenvalue weighted by atomic mass is 9.97. The molecular formula is C20H23Cl3F3N5O2. The molecule has 0 bridgehead atoms. The Bertz CT molecular complexity index is 1050. The summed E-state index contributed by atoms with van der Waals surface area (Å²) in [4.78, 5) is 28.4. The second kappa shape index (κ2) is 11.6. The summed E-state index contributed by atoms with van der Waals surface area (Å²) >= 11 is 6.11. The van der Waals surface area contributed by atoms with Crippen LogP contribution in [0.25, 0.3) is 11.1 Å². The molecule has 0 aliphatic heterocycles. The van der Waals surface area contributed by atoms with Gasteiger partial charge in [0.2, 0.25) is 0 Å². The Labute approximate surface area is 205 Å². The highest BCUT2D eigenvalue weighted by molar-refractivity contribution is 6.33. The lowest BCUT2D eigenvalue weighted by molar-refractivity contribution is -0.137. The molecule has 13 heteroatoms. The Morgan fingerprint density at radius 3 is 2.12 bits per heavy atom. The highest BCUT2D eigenvalue weighted by Gasteiger charge is 2.31. The molecule has 33 heavy (non-hydrogen) atoms. The van der Waals surface area contributed by atoms with Crippen LogP contribution in [0, 0.1) is 0 Å². The molecule has 2 aromatic carbocycles. The molecule has 0 unspecified atom stereocenters. The molecule has 0 aliphatic rings. The number of amides is 2. The predicted octanol–water partition coefficient (Wildman–Crippen LogP) is 3.75. The molecule has 2 aromatic rings. The Balaban J connectivity index is 0.00000512. The van der Waals surface area contributed by atoms with E-state index in [0.29, 0.717) is 0 Å². The van der Waals surface area contributed by atoms with E-state index in [1.165, 1.54) is 18.2 Å². The third-order valence-corrected chi connectivity index (χ3v) is 4.31. The van der Waals surface area contributed by atoms with Crippen molar-refractivity contribution in [3.8, 4) is 11.1 Å². The van der Waals surface area contributed by atoms with Crippen LogP contribution in [0.1, 0.15) is 40.1 Å². The molecule has 0 fully saturated rings. The maximum atomic E-state index is 13.2. The maximum absolute atomic E-state index is 13.2. The largest absolute Gasteiger partial charge is 0.416 e. The van der Waals surface area contributed by atoms with Crippen molar-refractivity contribution in [2.45, 2.75) is 25.6 Å².